The Morgan fingerprint density at radius 2 is 1.78 bits per heavy atom. The number of aromatic nitrogens is 2. The lowest BCUT2D eigenvalue weighted by molar-refractivity contribution is -0.156. The fraction of sp³-hybridized carbons (Fsp3) is 0.643. The van der Waals surface area contributed by atoms with Gasteiger partial charge >= 0.3 is 12.0 Å². The molecule has 0 unspecified atom stereocenters. The van der Waals surface area contributed by atoms with Gasteiger partial charge in [0, 0.05) is 125 Å². The number of hydrazine groups is 1. The summed E-state index contributed by atoms with van der Waals surface area (Å²) >= 11 is 0. The predicted molar refractivity (Wildman–Crippen MR) is 285 cm³/mol. The van der Waals surface area contributed by atoms with Crippen molar-refractivity contribution in [1.82, 2.24) is 44.9 Å². The van der Waals surface area contributed by atoms with Crippen LogP contribution in [0.15, 0.2) is 49.2 Å². The molecule has 5 amide bonds. The lowest BCUT2D eigenvalue weighted by Crippen LogP contribution is -2.68. The third-order valence-electron chi connectivity index (χ3n) is 16.3. The van der Waals surface area contributed by atoms with Gasteiger partial charge in [-0.15, -0.1) is 0 Å². The number of anilines is 1. The van der Waals surface area contributed by atoms with Gasteiger partial charge in [0.2, 0.25) is 11.8 Å². The number of piperazine rings is 1. The van der Waals surface area contributed by atoms with E-state index in [0.717, 1.165) is 45.6 Å². The Hall–Kier alpha value is -5.56. The zero-order chi connectivity index (χ0) is 53.2. The van der Waals surface area contributed by atoms with Gasteiger partial charge in [-0.25, -0.2) is 10.2 Å². The van der Waals surface area contributed by atoms with Gasteiger partial charge in [0.1, 0.15) is 18.1 Å². The molecular weight excluding hydrogens is 941 g/mol. The Kier molecular flexibility index (Phi) is 16.8. The van der Waals surface area contributed by atoms with Gasteiger partial charge in [-0.05, 0) is 108 Å². The zero-order valence-electron chi connectivity index (χ0n) is 45.7. The molecule has 18 heteroatoms. The lowest BCUT2D eigenvalue weighted by Gasteiger charge is -2.55. The molecule has 18 nitrogen and oxygen atoms in total. The molecule has 2 N–H and O–H groups in total. The van der Waals surface area contributed by atoms with E-state index in [0.29, 0.717) is 91.1 Å². The second-order valence-electron chi connectivity index (χ2n) is 22.6. The number of nitrogens with zero attached hydrogens (tertiary/aromatic N) is 8. The number of carbonyl (C=O) groups excluding carboxylic acids is 5. The van der Waals surface area contributed by atoms with Crippen molar-refractivity contribution in [2.45, 2.75) is 142 Å². The molecule has 3 aromatic rings. The highest BCUT2D eigenvalue weighted by molar-refractivity contribution is 5.95. The molecular formula is C56H82N10O8. The molecule has 5 aliphatic heterocycles. The van der Waals surface area contributed by atoms with Crippen molar-refractivity contribution in [2.24, 2.45) is 11.3 Å². The maximum atomic E-state index is 14.9. The number of rotatable bonds is 10. The van der Waals surface area contributed by atoms with Crippen LogP contribution in [0.2, 0.25) is 0 Å². The number of urea groups is 1. The number of esters is 1. The Morgan fingerprint density at radius 3 is 2.47 bits per heavy atom. The van der Waals surface area contributed by atoms with Crippen LogP contribution in [0.1, 0.15) is 105 Å². The molecule has 0 aliphatic carbocycles. The molecule has 5 atom stereocenters. The van der Waals surface area contributed by atoms with Crippen LogP contribution in [-0.2, 0) is 46.4 Å². The van der Waals surface area contributed by atoms with Crippen molar-refractivity contribution in [3.8, 4) is 11.3 Å². The van der Waals surface area contributed by atoms with Crippen LogP contribution in [0.3, 0.4) is 0 Å². The summed E-state index contributed by atoms with van der Waals surface area (Å²) < 4.78 is 20.8. The number of likely N-dealkylation sites (tertiary alicyclic amines) is 1. The van der Waals surface area contributed by atoms with E-state index in [4.69, 9.17) is 19.2 Å². The second kappa shape index (κ2) is 22.7. The number of cyclic esters (lactones) is 1. The molecule has 74 heavy (non-hydrogen) atoms. The van der Waals surface area contributed by atoms with Gasteiger partial charge in [0.15, 0.2) is 0 Å². The first-order valence-electron chi connectivity index (χ1n) is 27.0. The highest BCUT2D eigenvalue weighted by Crippen LogP contribution is 2.42. The van der Waals surface area contributed by atoms with Crippen molar-refractivity contribution >= 4 is 46.3 Å². The first kappa shape index (κ1) is 54.7. The Bertz CT molecular complexity index is 2550. The molecule has 0 radical (unpaired) electrons. The van der Waals surface area contributed by atoms with E-state index in [2.05, 4.69) is 90.6 Å². The van der Waals surface area contributed by atoms with Crippen LogP contribution in [0.25, 0.3) is 22.2 Å². The number of amides is 5. The number of likely N-dealkylation sites (N-methyl/N-ethyl adjacent to an activating group) is 1. The summed E-state index contributed by atoms with van der Waals surface area (Å²) in [4.78, 5) is 85.8. The van der Waals surface area contributed by atoms with Crippen molar-refractivity contribution in [3.63, 3.8) is 0 Å². The highest BCUT2D eigenvalue weighted by atomic mass is 16.5. The standard InChI is InChI=1S/C56H82N10O8/c1-12-47(67)63-26-27-65(37(5)6)56(34-63)20-24-61(25-21-56)54(71)60(10)49(36(3)4)51(68)58-45-31-40-33-62(28-29-73-40)39-18-19-46-42(30-39)43(50(64(46)13-2)41-16-14-22-57-48(41)38(7)72-11)32-55(8,9)35-74-53(70)44-17-15-23-66(59-44)52(45)69/h12,14,16,18-19,22,30,36-38,40,44-45,49,59H,1,13,15,17,20-21,23-29,31-35H2,2-11H3,(H,58,68)/t38-,40-,44-,45-,49-/m0/s1. The first-order chi connectivity index (χ1) is 35.3. The number of hydrogen-bond donors (Lipinski definition) is 2. The summed E-state index contributed by atoms with van der Waals surface area (Å²) in [6.45, 7) is 25.8. The Labute approximate surface area is 438 Å². The van der Waals surface area contributed by atoms with Gasteiger partial charge in [-0.1, -0.05) is 34.3 Å². The number of nitrogens with one attached hydrogen (secondary N) is 2. The number of aryl methyl sites for hydroxylation is 1. The minimum absolute atomic E-state index is 0.0824. The number of hydrogen-bond acceptors (Lipinski definition) is 12. The summed E-state index contributed by atoms with van der Waals surface area (Å²) in [5.41, 5.74) is 8.52. The van der Waals surface area contributed by atoms with Crippen LogP contribution in [-0.4, -0.2) is 179 Å². The van der Waals surface area contributed by atoms with Crippen LogP contribution >= 0.6 is 0 Å². The first-order valence-corrected chi connectivity index (χ1v) is 27.0. The molecule has 7 heterocycles. The summed E-state index contributed by atoms with van der Waals surface area (Å²) in [5, 5.41) is 5.67. The number of methoxy groups -OCH3 is 1. The van der Waals surface area contributed by atoms with E-state index in [9.17, 15) is 24.0 Å². The smallest absolute Gasteiger partial charge is 0.324 e. The predicted octanol–water partition coefficient (Wildman–Crippen LogP) is 5.78. The van der Waals surface area contributed by atoms with Crippen LogP contribution in [0.4, 0.5) is 10.5 Å². The number of piperidine rings is 1. The second-order valence-corrected chi connectivity index (χ2v) is 22.6. The minimum atomic E-state index is -1.06. The van der Waals surface area contributed by atoms with Crippen LogP contribution < -0.4 is 15.6 Å². The van der Waals surface area contributed by atoms with Gasteiger partial charge in [0.05, 0.1) is 36.8 Å². The molecule has 8 rings (SSSR count). The van der Waals surface area contributed by atoms with E-state index in [-0.39, 0.29) is 54.5 Å². The van der Waals surface area contributed by atoms with Crippen molar-refractivity contribution in [1.29, 1.82) is 0 Å². The van der Waals surface area contributed by atoms with E-state index < -0.39 is 41.5 Å². The maximum absolute atomic E-state index is 14.9. The Balaban J connectivity index is 1.08. The summed E-state index contributed by atoms with van der Waals surface area (Å²) in [7, 11) is 3.36. The molecule has 404 valence electrons. The number of pyridine rings is 1. The quantitative estimate of drug-likeness (QED) is 0.186. The van der Waals surface area contributed by atoms with Crippen molar-refractivity contribution in [3.05, 3.63) is 60.4 Å². The van der Waals surface area contributed by atoms with E-state index in [1.165, 1.54) is 16.0 Å². The number of fused-ring (bicyclic) bond motifs is 6. The molecule has 1 aromatic carbocycles. The minimum Gasteiger partial charge on any atom is -0.464 e. The largest absolute Gasteiger partial charge is 0.464 e. The number of carbonyl (C=O) groups is 5. The molecule has 1 spiro atoms. The van der Waals surface area contributed by atoms with Crippen LogP contribution in [0, 0.1) is 11.3 Å². The summed E-state index contributed by atoms with van der Waals surface area (Å²) in [6, 6.07) is 7.91. The number of morpholine rings is 1. The topological polar surface area (TPSA) is 174 Å². The van der Waals surface area contributed by atoms with E-state index >= 15 is 0 Å². The van der Waals surface area contributed by atoms with Gasteiger partial charge in [0.25, 0.3) is 5.91 Å². The van der Waals surface area contributed by atoms with E-state index in [1.54, 1.807) is 25.3 Å². The molecule has 4 fully saturated rings. The summed E-state index contributed by atoms with van der Waals surface area (Å²) in [6.07, 6.45) is 5.59. The molecule has 5 aliphatic rings. The molecule has 6 bridgehead atoms. The number of benzene rings is 1. The van der Waals surface area contributed by atoms with Crippen LogP contribution in [0.5, 0.6) is 0 Å². The highest BCUT2D eigenvalue weighted by Gasteiger charge is 2.47. The monoisotopic (exact) mass is 1020 g/mol. The molecule has 4 saturated heterocycles. The van der Waals surface area contributed by atoms with Gasteiger partial charge in [-0.2, -0.15) is 0 Å². The third kappa shape index (κ3) is 11.2. The fourth-order valence-electron chi connectivity index (χ4n) is 12.5. The Morgan fingerprint density at radius 1 is 1.03 bits per heavy atom. The van der Waals surface area contributed by atoms with Crippen molar-refractivity contribution in [2.75, 3.05) is 84.6 Å². The van der Waals surface area contributed by atoms with Gasteiger partial charge in [-0.3, -0.25) is 34.1 Å². The average molecular weight is 1020 g/mol. The fourth-order valence-corrected chi connectivity index (χ4v) is 12.5. The van der Waals surface area contributed by atoms with E-state index in [1.807, 2.05) is 31.7 Å². The molecule has 0 saturated carbocycles. The number of ether oxygens (including phenoxy) is 3. The SMILES string of the molecule is C=CC(=O)N1CCN(C(C)C)C2(CCN(C(=O)N(C)[C@H](C(=O)N[C@H]3C[C@H]4CN(CCO4)c4ccc5c(c4)c(c(-c4cccnc4[C@H](C)OC)n5CC)CC(C)(C)COC(=O)[C@@H]4CCCN(N4)C3=O)C(C)C)CC2)C1. The normalized spacial score (nSPS) is 23.6. The lowest BCUT2D eigenvalue weighted by atomic mass is 9.82. The third-order valence-corrected chi connectivity index (χ3v) is 16.3. The zero-order valence-corrected chi connectivity index (χ0v) is 45.7. The van der Waals surface area contributed by atoms with Gasteiger partial charge < -0.3 is 43.7 Å². The average Bonchev–Trinajstić information content (AvgIpc) is 3.70. The molecule has 2 aromatic heterocycles. The summed E-state index contributed by atoms with van der Waals surface area (Å²) in [5.74, 6) is -1.68. The van der Waals surface area contributed by atoms with Crippen molar-refractivity contribution < 1.29 is 38.2 Å². The maximum Gasteiger partial charge on any atom is 0.324 e.